The summed E-state index contributed by atoms with van der Waals surface area (Å²) < 4.78 is 0.882. The molecule has 2 rings (SSSR count). The molecule has 0 radical (unpaired) electrons. The molecule has 1 fully saturated rings. The van der Waals surface area contributed by atoms with E-state index in [1.54, 1.807) is 11.3 Å². The number of hydrogen-bond acceptors (Lipinski definition) is 4. The number of thiophene rings is 1. The van der Waals surface area contributed by atoms with Crippen LogP contribution in [0, 0.1) is 0 Å². The molecule has 1 aliphatic heterocycles. The first-order valence-corrected chi connectivity index (χ1v) is 7.75. The van der Waals surface area contributed by atoms with Crippen LogP contribution in [0.15, 0.2) is 12.1 Å². The number of hydrogen-bond donors (Lipinski definition) is 1. The molecule has 1 N–H and O–H groups in total. The van der Waals surface area contributed by atoms with Gasteiger partial charge in [0.1, 0.15) is 0 Å². The zero-order chi connectivity index (χ0) is 13.0. The standard InChI is InChI=1S/C13H22ClN3S/c1-11(12-3-4-13(14)18-12)16(2)9-10-17-7-5-15-6-8-17/h3-4,11,15H,5-10H2,1-2H3. The Morgan fingerprint density at radius 1 is 1.44 bits per heavy atom. The van der Waals surface area contributed by atoms with Gasteiger partial charge in [0.2, 0.25) is 0 Å². The van der Waals surface area contributed by atoms with Gasteiger partial charge in [-0.1, -0.05) is 11.6 Å². The molecule has 18 heavy (non-hydrogen) atoms. The SMILES string of the molecule is CC(c1ccc(Cl)s1)N(C)CCN1CCNCC1. The fourth-order valence-electron chi connectivity index (χ4n) is 2.20. The molecule has 0 amide bonds. The molecule has 2 heterocycles. The van der Waals surface area contributed by atoms with Crippen LogP contribution >= 0.6 is 22.9 Å². The second-order valence-corrected chi connectivity index (χ2v) is 6.64. The zero-order valence-corrected chi connectivity index (χ0v) is 12.7. The maximum Gasteiger partial charge on any atom is 0.0931 e. The average Bonchev–Trinajstić information content (AvgIpc) is 2.83. The Labute approximate surface area is 119 Å². The Hall–Kier alpha value is -0.130. The fraction of sp³-hybridized carbons (Fsp3) is 0.692. The van der Waals surface area contributed by atoms with Crippen LogP contribution < -0.4 is 5.32 Å². The van der Waals surface area contributed by atoms with Gasteiger partial charge in [-0.25, -0.2) is 0 Å². The van der Waals surface area contributed by atoms with Crippen molar-refractivity contribution in [3.63, 3.8) is 0 Å². The van der Waals surface area contributed by atoms with Crippen molar-refractivity contribution in [2.45, 2.75) is 13.0 Å². The lowest BCUT2D eigenvalue weighted by molar-refractivity contribution is 0.184. The van der Waals surface area contributed by atoms with Crippen LogP contribution in [0.1, 0.15) is 17.8 Å². The van der Waals surface area contributed by atoms with Gasteiger partial charge in [0.25, 0.3) is 0 Å². The van der Waals surface area contributed by atoms with Gasteiger partial charge in [-0.2, -0.15) is 0 Å². The molecule has 1 atom stereocenters. The minimum Gasteiger partial charge on any atom is -0.314 e. The summed E-state index contributed by atoms with van der Waals surface area (Å²) in [6, 6.07) is 4.58. The van der Waals surface area contributed by atoms with E-state index in [-0.39, 0.29) is 0 Å². The van der Waals surface area contributed by atoms with Gasteiger partial charge in [0.05, 0.1) is 4.34 Å². The van der Waals surface area contributed by atoms with Gasteiger partial charge in [-0.15, -0.1) is 11.3 Å². The molecule has 0 spiro atoms. The third kappa shape index (κ3) is 3.93. The van der Waals surface area contributed by atoms with E-state index in [0.29, 0.717) is 6.04 Å². The van der Waals surface area contributed by atoms with Crippen LogP contribution in [-0.4, -0.2) is 56.1 Å². The molecule has 0 bridgehead atoms. The van der Waals surface area contributed by atoms with Gasteiger partial charge in [0, 0.05) is 50.2 Å². The zero-order valence-electron chi connectivity index (χ0n) is 11.2. The van der Waals surface area contributed by atoms with Crippen LogP contribution in [0.3, 0.4) is 0 Å². The Morgan fingerprint density at radius 3 is 2.78 bits per heavy atom. The van der Waals surface area contributed by atoms with Crippen LogP contribution in [0.5, 0.6) is 0 Å². The van der Waals surface area contributed by atoms with E-state index in [1.807, 2.05) is 6.07 Å². The summed E-state index contributed by atoms with van der Waals surface area (Å²) in [6.45, 7) is 9.11. The number of rotatable bonds is 5. The van der Waals surface area contributed by atoms with Gasteiger partial charge in [0.15, 0.2) is 0 Å². The van der Waals surface area contributed by atoms with Crippen molar-refractivity contribution in [3.8, 4) is 0 Å². The average molecular weight is 288 g/mol. The lowest BCUT2D eigenvalue weighted by Crippen LogP contribution is -2.46. The lowest BCUT2D eigenvalue weighted by atomic mass is 10.2. The minimum atomic E-state index is 0.449. The highest BCUT2D eigenvalue weighted by molar-refractivity contribution is 7.16. The van der Waals surface area contributed by atoms with Gasteiger partial charge in [-0.3, -0.25) is 9.80 Å². The topological polar surface area (TPSA) is 18.5 Å². The van der Waals surface area contributed by atoms with E-state index in [0.717, 1.165) is 30.5 Å². The molecule has 102 valence electrons. The molecule has 0 aliphatic carbocycles. The monoisotopic (exact) mass is 287 g/mol. The van der Waals surface area contributed by atoms with Crippen molar-refractivity contribution in [1.82, 2.24) is 15.1 Å². The number of piperazine rings is 1. The van der Waals surface area contributed by atoms with E-state index >= 15 is 0 Å². The largest absolute Gasteiger partial charge is 0.314 e. The van der Waals surface area contributed by atoms with E-state index in [2.05, 4.69) is 35.2 Å². The minimum absolute atomic E-state index is 0.449. The molecule has 1 aliphatic rings. The normalized spacial score (nSPS) is 19.3. The van der Waals surface area contributed by atoms with Crippen LogP contribution in [0.2, 0.25) is 4.34 Å². The lowest BCUT2D eigenvalue weighted by Gasteiger charge is -2.31. The van der Waals surface area contributed by atoms with E-state index in [1.165, 1.54) is 18.0 Å². The summed E-state index contributed by atoms with van der Waals surface area (Å²) in [5.41, 5.74) is 0. The van der Waals surface area contributed by atoms with Gasteiger partial charge in [-0.05, 0) is 26.1 Å². The Balaban J connectivity index is 1.78. The van der Waals surface area contributed by atoms with Crippen molar-refractivity contribution in [1.29, 1.82) is 0 Å². The van der Waals surface area contributed by atoms with E-state index in [9.17, 15) is 0 Å². The fourth-order valence-corrected chi connectivity index (χ4v) is 3.38. The van der Waals surface area contributed by atoms with Gasteiger partial charge >= 0.3 is 0 Å². The molecule has 1 aromatic heterocycles. The second kappa shape index (κ2) is 6.87. The highest BCUT2D eigenvalue weighted by Gasteiger charge is 2.15. The molecule has 3 nitrogen and oxygen atoms in total. The first-order valence-electron chi connectivity index (χ1n) is 6.55. The Morgan fingerprint density at radius 2 is 2.17 bits per heavy atom. The first kappa shape index (κ1) is 14.3. The quantitative estimate of drug-likeness (QED) is 0.896. The van der Waals surface area contributed by atoms with Crippen molar-refractivity contribution in [2.24, 2.45) is 0 Å². The molecule has 1 unspecified atom stereocenters. The number of halogens is 1. The summed E-state index contributed by atoms with van der Waals surface area (Å²) in [4.78, 5) is 6.29. The smallest absolute Gasteiger partial charge is 0.0931 e. The van der Waals surface area contributed by atoms with Crippen molar-refractivity contribution >= 4 is 22.9 Å². The molecule has 0 saturated carbocycles. The van der Waals surface area contributed by atoms with Crippen LogP contribution in [0.4, 0.5) is 0 Å². The van der Waals surface area contributed by atoms with Crippen molar-refractivity contribution < 1.29 is 0 Å². The summed E-state index contributed by atoms with van der Waals surface area (Å²) in [7, 11) is 2.19. The predicted molar refractivity (Wildman–Crippen MR) is 79.7 cm³/mol. The van der Waals surface area contributed by atoms with Crippen molar-refractivity contribution in [2.75, 3.05) is 46.3 Å². The Kier molecular flexibility index (Phi) is 5.45. The summed E-state index contributed by atoms with van der Waals surface area (Å²) in [6.07, 6.45) is 0. The predicted octanol–water partition coefficient (Wildman–Crippen LogP) is 2.30. The highest BCUT2D eigenvalue weighted by atomic mass is 35.5. The van der Waals surface area contributed by atoms with E-state index in [4.69, 9.17) is 11.6 Å². The number of likely N-dealkylation sites (N-methyl/N-ethyl adjacent to an activating group) is 1. The summed E-state index contributed by atoms with van der Waals surface area (Å²) in [5, 5.41) is 3.39. The molecule has 1 saturated heterocycles. The maximum atomic E-state index is 5.99. The van der Waals surface area contributed by atoms with Crippen molar-refractivity contribution in [3.05, 3.63) is 21.3 Å². The third-order valence-corrected chi connectivity index (χ3v) is 5.05. The molecule has 5 heteroatoms. The third-order valence-electron chi connectivity index (χ3n) is 3.65. The maximum absolute atomic E-state index is 5.99. The van der Waals surface area contributed by atoms with Gasteiger partial charge < -0.3 is 5.32 Å². The summed E-state index contributed by atoms with van der Waals surface area (Å²) in [5.74, 6) is 0. The van der Waals surface area contributed by atoms with E-state index < -0.39 is 0 Å². The molecular formula is C13H22ClN3S. The second-order valence-electron chi connectivity index (χ2n) is 4.89. The number of nitrogens with zero attached hydrogens (tertiary/aromatic N) is 2. The first-order chi connectivity index (χ1) is 8.66. The highest BCUT2D eigenvalue weighted by Crippen LogP contribution is 2.29. The summed E-state index contributed by atoms with van der Waals surface area (Å²) >= 11 is 7.68. The van der Waals surface area contributed by atoms with Crippen LogP contribution in [-0.2, 0) is 0 Å². The molecule has 0 aromatic carbocycles. The molecular weight excluding hydrogens is 266 g/mol. The molecule has 1 aromatic rings. The number of nitrogens with one attached hydrogen (secondary N) is 1. The Bertz CT molecular complexity index is 363. The van der Waals surface area contributed by atoms with Crippen LogP contribution in [0.25, 0.3) is 0 Å².